The SMILES string of the molecule is CCc1ccc([C@@]2(O)CN(c3ccc(OC)cc3)C3=[N+]2CCCS3)cc1. The Kier molecular flexibility index (Phi) is 4.67. The molecule has 0 saturated heterocycles. The zero-order chi connectivity index (χ0) is 18.1. The lowest BCUT2D eigenvalue weighted by Crippen LogP contribution is -2.41. The molecular weight excluding hydrogens is 344 g/mol. The summed E-state index contributed by atoms with van der Waals surface area (Å²) in [4.78, 5) is 2.23. The molecule has 136 valence electrons. The molecule has 0 spiro atoms. The molecule has 2 aromatic carbocycles. The average molecular weight is 370 g/mol. The van der Waals surface area contributed by atoms with Gasteiger partial charge in [-0.3, -0.25) is 0 Å². The number of hydrogen-bond acceptors (Lipinski definition) is 4. The summed E-state index contributed by atoms with van der Waals surface area (Å²) in [5.74, 6) is 1.93. The molecule has 0 aromatic heterocycles. The molecule has 0 fully saturated rings. The first-order valence-electron chi connectivity index (χ1n) is 9.16. The summed E-state index contributed by atoms with van der Waals surface area (Å²) in [5.41, 5.74) is 2.35. The molecule has 2 heterocycles. The molecular formula is C21H25N2O2S+. The Morgan fingerprint density at radius 3 is 2.54 bits per heavy atom. The third kappa shape index (κ3) is 2.89. The van der Waals surface area contributed by atoms with Gasteiger partial charge in [-0.25, -0.2) is 9.48 Å². The smallest absolute Gasteiger partial charge is 0.316 e. The van der Waals surface area contributed by atoms with E-state index < -0.39 is 5.72 Å². The highest BCUT2D eigenvalue weighted by Gasteiger charge is 2.53. The molecule has 2 aromatic rings. The Labute approximate surface area is 159 Å². The topological polar surface area (TPSA) is 35.7 Å². The Morgan fingerprint density at radius 1 is 1.15 bits per heavy atom. The minimum absolute atomic E-state index is 0.535. The van der Waals surface area contributed by atoms with Gasteiger partial charge < -0.3 is 9.84 Å². The van der Waals surface area contributed by atoms with E-state index in [0.717, 1.165) is 47.3 Å². The zero-order valence-electron chi connectivity index (χ0n) is 15.3. The van der Waals surface area contributed by atoms with Gasteiger partial charge in [0, 0.05) is 11.3 Å². The molecule has 2 aliphatic rings. The summed E-state index contributed by atoms with van der Waals surface area (Å²) in [6, 6.07) is 16.5. The van der Waals surface area contributed by atoms with Crippen LogP contribution in [0.15, 0.2) is 48.5 Å². The van der Waals surface area contributed by atoms with Crippen LogP contribution in [0.25, 0.3) is 0 Å². The number of methoxy groups -OCH3 is 1. The fraction of sp³-hybridized carbons (Fsp3) is 0.381. The third-order valence-corrected chi connectivity index (χ3v) is 6.44. The van der Waals surface area contributed by atoms with Crippen LogP contribution in [0.3, 0.4) is 0 Å². The van der Waals surface area contributed by atoms with Crippen LogP contribution in [0.4, 0.5) is 5.69 Å². The van der Waals surface area contributed by atoms with Crippen LogP contribution in [0.1, 0.15) is 24.5 Å². The predicted octanol–water partition coefficient (Wildman–Crippen LogP) is 3.43. The second kappa shape index (κ2) is 6.97. The molecule has 0 unspecified atom stereocenters. The van der Waals surface area contributed by atoms with Crippen molar-refractivity contribution in [2.75, 3.05) is 30.9 Å². The molecule has 0 aliphatic carbocycles. The number of amidine groups is 1. The first kappa shape index (κ1) is 17.4. The van der Waals surface area contributed by atoms with Crippen molar-refractivity contribution in [2.24, 2.45) is 0 Å². The van der Waals surface area contributed by atoms with Gasteiger partial charge in [-0.15, -0.1) is 0 Å². The molecule has 0 saturated carbocycles. The standard InChI is InChI=1S/C21H25N2O2S/c1-3-16-5-7-17(8-6-16)21(24)15-22(20-23(21)13-4-14-26-20)18-9-11-19(25-2)12-10-18/h5-12,24H,3-4,13-15H2,1-2H3/q+1/t21-/m0/s1. The van der Waals surface area contributed by atoms with E-state index in [1.165, 1.54) is 5.56 Å². The van der Waals surface area contributed by atoms with E-state index in [9.17, 15) is 5.11 Å². The highest BCUT2D eigenvalue weighted by Crippen LogP contribution is 2.38. The van der Waals surface area contributed by atoms with Crippen LogP contribution in [0.2, 0.25) is 0 Å². The van der Waals surface area contributed by atoms with Gasteiger partial charge in [0.25, 0.3) is 5.72 Å². The molecule has 5 heteroatoms. The quantitative estimate of drug-likeness (QED) is 0.838. The Bertz CT molecular complexity index is 817. The number of hydrogen-bond donors (Lipinski definition) is 1. The van der Waals surface area contributed by atoms with Crippen LogP contribution in [0, 0.1) is 0 Å². The number of nitrogens with zero attached hydrogens (tertiary/aromatic N) is 2. The minimum atomic E-state index is -0.991. The Morgan fingerprint density at radius 2 is 1.88 bits per heavy atom. The van der Waals surface area contributed by atoms with Gasteiger partial charge >= 0.3 is 5.17 Å². The summed E-state index contributed by atoms with van der Waals surface area (Å²) >= 11 is 1.83. The monoisotopic (exact) mass is 369 g/mol. The number of ether oxygens (including phenoxy) is 1. The summed E-state index contributed by atoms with van der Waals surface area (Å²) in [7, 11) is 1.68. The highest BCUT2D eigenvalue weighted by atomic mass is 32.2. The van der Waals surface area contributed by atoms with E-state index in [1.54, 1.807) is 7.11 Å². The van der Waals surface area contributed by atoms with Gasteiger partial charge in [0.1, 0.15) is 11.4 Å². The maximum atomic E-state index is 11.7. The second-order valence-electron chi connectivity index (χ2n) is 6.79. The van der Waals surface area contributed by atoms with Crippen molar-refractivity contribution in [1.29, 1.82) is 0 Å². The van der Waals surface area contributed by atoms with Gasteiger partial charge in [-0.05, 0) is 54.4 Å². The minimum Gasteiger partial charge on any atom is -0.497 e. The Balaban J connectivity index is 1.73. The maximum absolute atomic E-state index is 11.7. The van der Waals surface area contributed by atoms with Crippen molar-refractivity contribution < 1.29 is 14.4 Å². The fourth-order valence-electron chi connectivity index (χ4n) is 3.72. The molecule has 1 N–H and O–H groups in total. The Hall–Kier alpha value is -1.98. The maximum Gasteiger partial charge on any atom is 0.316 e. The molecule has 4 rings (SSSR count). The van der Waals surface area contributed by atoms with Gasteiger partial charge in [0.15, 0.2) is 6.54 Å². The first-order valence-corrected chi connectivity index (χ1v) is 10.1. The fourth-order valence-corrected chi connectivity index (χ4v) is 4.90. The lowest BCUT2D eigenvalue weighted by Gasteiger charge is -2.24. The molecule has 2 aliphatic heterocycles. The van der Waals surface area contributed by atoms with E-state index in [1.807, 2.05) is 23.9 Å². The van der Waals surface area contributed by atoms with Crippen LogP contribution in [0.5, 0.6) is 5.75 Å². The van der Waals surface area contributed by atoms with E-state index in [-0.39, 0.29) is 0 Å². The molecule has 1 atom stereocenters. The number of rotatable bonds is 4. The van der Waals surface area contributed by atoms with E-state index in [2.05, 4.69) is 52.8 Å². The van der Waals surface area contributed by atoms with Gasteiger partial charge in [0.2, 0.25) is 0 Å². The van der Waals surface area contributed by atoms with E-state index >= 15 is 0 Å². The number of β-amino-alcohol motifs (C(OH)–C–C–N with tert-alkyl or cyclic N) is 1. The third-order valence-electron chi connectivity index (χ3n) is 5.25. The summed E-state index contributed by atoms with van der Waals surface area (Å²) in [6.07, 6.45) is 2.09. The molecule has 0 radical (unpaired) electrons. The van der Waals surface area contributed by atoms with Crippen molar-refractivity contribution in [3.8, 4) is 5.75 Å². The van der Waals surface area contributed by atoms with Crippen molar-refractivity contribution >= 4 is 22.6 Å². The molecule has 26 heavy (non-hydrogen) atoms. The summed E-state index contributed by atoms with van der Waals surface area (Å²) in [6.45, 7) is 3.56. The van der Waals surface area contributed by atoms with Crippen LogP contribution >= 0.6 is 11.8 Å². The normalized spacial score (nSPS) is 22.5. The average Bonchev–Trinajstić information content (AvgIpc) is 3.02. The zero-order valence-corrected chi connectivity index (χ0v) is 16.1. The second-order valence-corrected chi connectivity index (χ2v) is 7.85. The van der Waals surface area contributed by atoms with Crippen molar-refractivity contribution in [2.45, 2.75) is 25.5 Å². The predicted molar refractivity (Wildman–Crippen MR) is 107 cm³/mol. The van der Waals surface area contributed by atoms with Crippen molar-refractivity contribution in [3.05, 3.63) is 59.7 Å². The largest absolute Gasteiger partial charge is 0.497 e. The molecule has 0 amide bonds. The van der Waals surface area contributed by atoms with E-state index in [0.29, 0.717) is 6.54 Å². The number of thioether (sulfide) groups is 1. The van der Waals surface area contributed by atoms with Crippen molar-refractivity contribution in [3.63, 3.8) is 0 Å². The molecule has 0 bridgehead atoms. The highest BCUT2D eigenvalue weighted by molar-refractivity contribution is 8.13. The lowest BCUT2D eigenvalue weighted by molar-refractivity contribution is -0.656. The molecule has 4 nitrogen and oxygen atoms in total. The lowest BCUT2D eigenvalue weighted by atomic mass is 10.00. The summed E-state index contributed by atoms with van der Waals surface area (Å²) < 4.78 is 7.45. The van der Waals surface area contributed by atoms with Gasteiger partial charge in [-0.2, -0.15) is 0 Å². The number of anilines is 1. The first-order chi connectivity index (χ1) is 12.7. The number of aryl methyl sites for hydroxylation is 1. The number of benzene rings is 2. The number of aliphatic hydroxyl groups is 1. The van der Waals surface area contributed by atoms with Crippen LogP contribution in [-0.4, -0.2) is 40.8 Å². The van der Waals surface area contributed by atoms with Gasteiger partial charge in [-0.1, -0.05) is 31.2 Å². The van der Waals surface area contributed by atoms with Gasteiger partial charge in [0.05, 0.1) is 13.7 Å². The van der Waals surface area contributed by atoms with Crippen LogP contribution in [-0.2, 0) is 12.1 Å². The summed E-state index contributed by atoms with van der Waals surface area (Å²) in [5, 5.41) is 12.8. The van der Waals surface area contributed by atoms with Crippen LogP contribution < -0.4 is 9.64 Å². The van der Waals surface area contributed by atoms with E-state index in [4.69, 9.17) is 4.74 Å². The van der Waals surface area contributed by atoms with Crippen molar-refractivity contribution in [1.82, 2.24) is 0 Å².